The summed E-state index contributed by atoms with van der Waals surface area (Å²) in [4.78, 5) is 13.2. The molecule has 2 rings (SSSR count). The smallest absolute Gasteiger partial charge is 0.221 e. The van der Waals surface area contributed by atoms with Gasteiger partial charge in [0, 0.05) is 17.1 Å². The molecule has 6 heteroatoms. The van der Waals surface area contributed by atoms with Gasteiger partial charge < -0.3 is 14.8 Å². The van der Waals surface area contributed by atoms with Gasteiger partial charge in [-0.2, -0.15) is 0 Å². The summed E-state index contributed by atoms with van der Waals surface area (Å²) in [5.74, 6) is 1.75. The molecule has 4 nitrogen and oxygen atoms in total. The van der Waals surface area contributed by atoms with E-state index >= 15 is 0 Å². The number of amides is 1. The molecule has 0 unspecified atom stereocenters. The number of thioether (sulfide) groups is 1. The van der Waals surface area contributed by atoms with Crippen molar-refractivity contribution in [3.8, 4) is 11.5 Å². The minimum absolute atomic E-state index is 0.0241. The number of halogens is 1. The molecular formula is C21H26FNO3S. The molecule has 0 aliphatic heterocycles. The van der Waals surface area contributed by atoms with Gasteiger partial charge in [-0.1, -0.05) is 6.07 Å². The summed E-state index contributed by atoms with van der Waals surface area (Å²) < 4.78 is 24.1. The van der Waals surface area contributed by atoms with Crippen LogP contribution in [0.1, 0.15) is 38.8 Å². The normalized spacial score (nSPS) is 11.7. The van der Waals surface area contributed by atoms with E-state index < -0.39 is 0 Å². The molecule has 0 saturated carbocycles. The Bertz CT molecular complexity index is 737. The lowest BCUT2D eigenvalue weighted by Gasteiger charge is -2.17. The molecule has 27 heavy (non-hydrogen) atoms. The van der Waals surface area contributed by atoms with Gasteiger partial charge >= 0.3 is 0 Å². The average molecular weight is 392 g/mol. The van der Waals surface area contributed by atoms with E-state index in [-0.39, 0.29) is 17.8 Å². The Kier molecular flexibility index (Phi) is 8.45. The summed E-state index contributed by atoms with van der Waals surface area (Å²) in [6.07, 6.45) is 0.391. The van der Waals surface area contributed by atoms with Gasteiger partial charge in [0.25, 0.3) is 0 Å². The van der Waals surface area contributed by atoms with E-state index in [1.165, 1.54) is 23.9 Å². The van der Waals surface area contributed by atoms with Crippen molar-refractivity contribution in [2.75, 3.05) is 19.0 Å². The van der Waals surface area contributed by atoms with Crippen LogP contribution in [-0.2, 0) is 4.79 Å². The highest BCUT2D eigenvalue weighted by Gasteiger charge is 2.13. The molecule has 2 aromatic carbocycles. The maximum atomic E-state index is 12.9. The zero-order valence-electron chi connectivity index (χ0n) is 16.0. The van der Waals surface area contributed by atoms with E-state index in [1.807, 2.05) is 39.0 Å². The summed E-state index contributed by atoms with van der Waals surface area (Å²) in [5, 5.41) is 3.00. The molecule has 0 aliphatic carbocycles. The van der Waals surface area contributed by atoms with Gasteiger partial charge in [0.15, 0.2) is 11.5 Å². The fourth-order valence-electron chi connectivity index (χ4n) is 2.53. The van der Waals surface area contributed by atoms with Crippen molar-refractivity contribution in [3.63, 3.8) is 0 Å². The molecule has 0 spiro atoms. The molecule has 1 N–H and O–H groups in total. The Morgan fingerprint density at radius 3 is 2.41 bits per heavy atom. The predicted molar refractivity (Wildman–Crippen MR) is 107 cm³/mol. The Morgan fingerprint density at radius 2 is 1.74 bits per heavy atom. The van der Waals surface area contributed by atoms with Crippen molar-refractivity contribution in [2.24, 2.45) is 0 Å². The Hall–Kier alpha value is -2.21. The van der Waals surface area contributed by atoms with Gasteiger partial charge in [0.2, 0.25) is 5.91 Å². The van der Waals surface area contributed by atoms with Crippen molar-refractivity contribution in [1.82, 2.24) is 5.32 Å². The number of hydrogen-bond acceptors (Lipinski definition) is 4. The number of nitrogens with one attached hydrogen (secondary N) is 1. The first kappa shape index (κ1) is 21.1. The van der Waals surface area contributed by atoms with Crippen LogP contribution in [0.2, 0.25) is 0 Å². The Morgan fingerprint density at radius 1 is 1.07 bits per heavy atom. The third kappa shape index (κ3) is 6.79. The molecule has 0 saturated heterocycles. The van der Waals surface area contributed by atoms with E-state index in [9.17, 15) is 9.18 Å². The molecular weight excluding hydrogens is 365 g/mol. The molecule has 1 atom stereocenters. The van der Waals surface area contributed by atoms with Crippen LogP contribution < -0.4 is 14.8 Å². The molecule has 0 bridgehead atoms. The van der Waals surface area contributed by atoms with E-state index in [4.69, 9.17) is 9.47 Å². The van der Waals surface area contributed by atoms with Gasteiger partial charge in [0.05, 0.1) is 19.3 Å². The van der Waals surface area contributed by atoms with Crippen molar-refractivity contribution in [3.05, 3.63) is 53.8 Å². The lowest BCUT2D eigenvalue weighted by Crippen LogP contribution is -2.26. The van der Waals surface area contributed by atoms with Crippen LogP contribution in [0, 0.1) is 5.82 Å². The number of carbonyl (C=O) groups is 1. The van der Waals surface area contributed by atoms with Gasteiger partial charge in [-0.05, 0) is 62.7 Å². The predicted octanol–water partition coefficient (Wildman–Crippen LogP) is 4.98. The Labute approximate surface area is 164 Å². The van der Waals surface area contributed by atoms with Crippen LogP contribution in [0.15, 0.2) is 47.4 Å². The van der Waals surface area contributed by atoms with Crippen LogP contribution in [0.3, 0.4) is 0 Å². The highest BCUT2D eigenvalue weighted by molar-refractivity contribution is 7.99. The summed E-state index contributed by atoms with van der Waals surface area (Å²) >= 11 is 1.53. The van der Waals surface area contributed by atoms with Crippen LogP contribution in [0.25, 0.3) is 0 Å². The number of carbonyl (C=O) groups excluding carboxylic acids is 1. The monoisotopic (exact) mass is 391 g/mol. The SMILES string of the molecule is CCOc1ccc([C@H](C)NC(=O)CCSc2ccc(F)cc2)cc1OCC. The van der Waals surface area contributed by atoms with Crippen LogP contribution in [-0.4, -0.2) is 24.9 Å². The molecule has 0 heterocycles. The number of hydrogen-bond donors (Lipinski definition) is 1. The number of rotatable bonds is 10. The Balaban J connectivity index is 1.87. The zero-order chi connectivity index (χ0) is 19.6. The van der Waals surface area contributed by atoms with Gasteiger partial charge in [-0.15, -0.1) is 11.8 Å². The van der Waals surface area contributed by atoms with E-state index in [2.05, 4.69) is 5.32 Å². The topological polar surface area (TPSA) is 47.6 Å². The maximum Gasteiger partial charge on any atom is 0.221 e. The second-order valence-electron chi connectivity index (χ2n) is 5.91. The number of ether oxygens (including phenoxy) is 2. The average Bonchev–Trinajstić information content (AvgIpc) is 2.65. The first-order chi connectivity index (χ1) is 13.0. The largest absolute Gasteiger partial charge is 0.490 e. The standard InChI is InChI=1S/C21H26FNO3S/c1-4-25-19-11-6-16(14-20(19)26-5-2)15(3)23-21(24)12-13-27-18-9-7-17(22)8-10-18/h6-11,14-15H,4-5,12-13H2,1-3H3,(H,23,24)/t15-/m0/s1. The highest BCUT2D eigenvalue weighted by atomic mass is 32.2. The van der Waals surface area contributed by atoms with Gasteiger partial charge in [-0.3, -0.25) is 4.79 Å². The first-order valence-corrected chi connectivity index (χ1v) is 10.1. The zero-order valence-corrected chi connectivity index (χ0v) is 16.8. The van der Waals surface area contributed by atoms with E-state index in [0.717, 1.165) is 10.5 Å². The van der Waals surface area contributed by atoms with Crippen molar-refractivity contribution < 1.29 is 18.7 Å². The summed E-state index contributed by atoms with van der Waals surface area (Å²) in [5.41, 5.74) is 0.960. The van der Waals surface area contributed by atoms with Crippen LogP contribution >= 0.6 is 11.8 Å². The molecule has 1 amide bonds. The first-order valence-electron chi connectivity index (χ1n) is 9.10. The molecule has 0 aromatic heterocycles. The summed E-state index contributed by atoms with van der Waals surface area (Å²) in [6.45, 7) is 6.90. The van der Waals surface area contributed by atoms with Gasteiger partial charge in [-0.25, -0.2) is 4.39 Å². The minimum atomic E-state index is -0.257. The van der Waals surface area contributed by atoms with Crippen LogP contribution in [0.4, 0.5) is 4.39 Å². The van der Waals surface area contributed by atoms with Crippen molar-refractivity contribution in [1.29, 1.82) is 0 Å². The lowest BCUT2D eigenvalue weighted by molar-refractivity contribution is -0.121. The fourth-order valence-corrected chi connectivity index (χ4v) is 3.38. The highest BCUT2D eigenvalue weighted by Crippen LogP contribution is 2.30. The van der Waals surface area contributed by atoms with Crippen molar-refractivity contribution in [2.45, 2.75) is 38.1 Å². The summed E-state index contributed by atoms with van der Waals surface area (Å²) in [7, 11) is 0. The summed E-state index contributed by atoms with van der Waals surface area (Å²) in [6, 6.07) is 11.9. The van der Waals surface area contributed by atoms with Crippen LogP contribution in [0.5, 0.6) is 11.5 Å². The maximum absolute atomic E-state index is 12.9. The molecule has 0 aliphatic rings. The molecule has 0 fully saturated rings. The third-order valence-electron chi connectivity index (χ3n) is 3.86. The molecule has 0 radical (unpaired) electrons. The minimum Gasteiger partial charge on any atom is -0.490 e. The van der Waals surface area contributed by atoms with Gasteiger partial charge in [0.1, 0.15) is 5.82 Å². The van der Waals surface area contributed by atoms with Crippen molar-refractivity contribution >= 4 is 17.7 Å². The second-order valence-corrected chi connectivity index (χ2v) is 7.08. The molecule has 146 valence electrons. The lowest BCUT2D eigenvalue weighted by atomic mass is 10.1. The fraction of sp³-hybridized carbons (Fsp3) is 0.381. The quantitative estimate of drug-likeness (QED) is 0.580. The van der Waals surface area contributed by atoms with E-state index in [1.54, 1.807) is 12.1 Å². The van der Waals surface area contributed by atoms with E-state index in [0.29, 0.717) is 36.9 Å². The second kappa shape index (κ2) is 10.8. The third-order valence-corrected chi connectivity index (χ3v) is 4.87. The molecule has 2 aromatic rings. The number of benzene rings is 2.